The average molecular weight is 357 g/mol. The van der Waals surface area contributed by atoms with Crippen LogP contribution in [0, 0.1) is 0 Å². The fourth-order valence-corrected chi connectivity index (χ4v) is 2.75. The third-order valence-corrected chi connectivity index (χ3v) is 4.07. The van der Waals surface area contributed by atoms with Gasteiger partial charge in [-0.15, -0.1) is 10.2 Å². The first-order valence-electron chi connectivity index (χ1n) is 8.82. The van der Waals surface area contributed by atoms with Crippen LogP contribution in [-0.2, 0) is 4.79 Å². The molecule has 2 heterocycles. The molecule has 0 atom stereocenters. The Morgan fingerprint density at radius 3 is 2.65 bits per heavy atom. The molecule has 1 aromatic carbocycles. The molecule has 0 radical (unpaired) electrons. The van der Waals surface area contributed by atoms with E-state index in [1.165, 1.54) is 23.8 Å². The largest absolute Gasteiger partial charge is 0.490 e. The Kier molecular flexibility index (Phi) is 6.19. The first kappa shape index (κ1) is 17.9. The zero-order valence-corrected chi connectivity index (χ0v) is 14.9. The molecule has 1 saturated heterocycles. The molecule has 8 heteroatoms. The molecule has 3 rings (SSSR count). The summed E-state index contributed by atoms with van der Waals surface area (Å²) in [4.78, 5) is 14.1. The lowest BCUT2D eigenvalue weighted by Crippen LogP contribution is -2.38. The molecular weight excluding hydrogens is 334 g/mol. The van der Waals surface area contributed by atoms with Gasteiger partial charge < -0.3 is 14.4 Å². The first-order valence-corrected chi connectivity index (χ1v) is 8.82. The third kappa shape index (κ3) is 4.81. The molecule has 0 spiro atoms. The summed E-state index contributed by atoms with van der Waals surface area (Å²) in [5, 5.41) is 11.6. The van der Waals surface area contributed by atoms with E-state index in [1.54, 1.807) is 12.3 Å². The Labute approximate surface area is 152 Å². The molecule has 26 heavy (non-hydrogen) atoms. The Bertz CT molecular complexity index is 739. The molecule has 2 aromatic rings. The number of amides is 1. The quantitative estimate of drug-likeness (QED) is 0.708. The van der Waals surface area contributed by atoms with E-state index in [0.717, 1.165) is 31.5 Å². The molecule has 0 unspecified atom stereocenters. The highest BCUT2D eigenvalue weighted by Crippen LogP contribution is 2.28. The van der Waals surface area contributed by atoms with Crippen molar-refractivity contribution in [2.75, 3.05) is 26.3 Å². The fourth-order valence-electron chi connectivity index (χ4n) is 2.75. The van der Waals surface area contributed by atoms with E-state index in [4.69, 9.17) is 9.47 Å². The minimum atomic E-state index is 0.0189. The lowest BCUT2D eigenvalue weighted by molar-refractivity contribution is -0.134. The zero-order chi connectivity index (χ0) is 18.2. The van der Waals surface area contributed by atoms with Gasteiger partial charge in [-0.1, -0.05) is 0 Å². The minimum absolute atomic E-state index is 0.0189. The summed E-state index contributed by atoms with van der Waals surface area (Å²) >= 11 is 0. The minimum Gasteiger partial charge on any atom is -0.490 e. The van der Waals surface area contributed by atoms with Crippen LogP contribution < -0.4 is 9.47 Å². The van der Waals surface area contributed by atoms with E-state index in [2.05, 4.69) is 15.3 Å². The van der Waals surface area contributed by atoms with Crippen LogP contribution in [0.15, 0.2) is 36.0 Å². The lowest BCUT2D eigenvalue weighted by Gasteiger charge is -2.26. The molecule has 1 aromatic heterocycles. The molecular formula is C18H23N5O3. The molecule has 1 fully saturated rings. The van der Waals surface area contributed by atoms with Crippen molar-refractivity contribution in [3.8, 4) is 11.5 Å². The molecule has 8 nitrogen and oxygen atoms in total. The zero-order valence-electron chi connectivity index (χ0n) is 14.9. The van der Waals surface area contributed by atoms with Crippen molar-refractivity contribution in [1.82, 2.24) is 19.8 Å². The molecule has 0 saturated carbocycles. The maximum absolute atomic E-state index is 12.3. The highest BCUT2D eigenvalue weighted by atomic mass is 16.5. The van der Waals surface area contributed by atoms with Crippen LogP contribution in [0.25, 0.3) is 0 Å². The van der Waals surface area contributed by atoms with Gasteiger partial charge in [0.15, 0.2) is 18.1 Å². The Morgan fingerprint density at radius 1 is 1.15 bits per heavy atom. The number of nitrogens with zero attached hydrogens (tertiary/aromatic N) is 5. The van der Waals surface area contributed by atoms with Crippen LogP contribution in [-0.4, -0.2) is 58.2 Å². The number of rotatable bonds is 7. The van der Waals surface area contributed by atoms with Crippen LogP contribution >= 0.6 is 0 Å². The highest BCUT2D eigenvalue weighted by Gasteiger charge is 2.17. The van der Waals surface area contributed by atoms with Gasteiger partial charge in [0.25, 0.3) is 5.91 Å². The van der Waals surface area contributed by atoms with Crippen LogP contribution in [0.4, 0.5) is 0 Å². The van der Waals surface area contributed by atoms with E-state index in [1.807, 2.05) is 24.0 Å². The average Bonchev–Trinajstić information content (AvgIpc) is 3.20. The van der Waals surface area contributed by atoms with Crippen LogP contribution in [0.2, 0.25) is 0 Å². The topological polar surface area (TPSA) is 81.8 Å². The van der Waals surface area contributed by atoms with Gasteiger partial charge in [-0.3, -0.25) is 4.79 Å². The maximum atomic E-state index is 12.3. The smallest absolute Gasteiger partial charge is 0.260 e. The number of hydrogen-bond donors (Lipinski definition) is 0. The highest BCUT2D eigenvalue weighted by molar-refractivity contribution is 5.81. The summed E-state index contributed by atoms with van der Waals surface area (Å²) in [6.45, 7) is 4.06. The van der Waals surface area contributed by atoms with Gasteiger partial charge in [0.05, 0.1) is 12.8 Å². The Morgan fingerprint density at radius 2 is 1.92 bits per heavy atom. The summed E-state index contributed by atoms with van der Waals surface area (Å²) in [7, 11) is 0. The van der Waals surface area contributed by atoms with Crippen LogP contribution in [0.5, 0.6) is 11.5 Å². The van der Waals surface area contributed by atoms with E-state index in [9.17, 15) is 4.79 Å². The second-order valence-corrected chi connectivity index (χ2v) is 5.96. The predicted molar refractivity (Wildman–Crippen MR) is 96.6 cm³/mol. The number of hydrogen-bond acceptors (Lipinski definition) is 6. The van der Waals surface area contributed by atoms with Crippen molar-refractivity contribution in [1.29, 1.82) is 0 Å². The monoisotopic (exact) mass is 357 g/mol. The van der Waals surface area contributed by atoms with E-state index < -0.39 is 0 Å². The molecule has 138 valence electrons. The van der Waals surface area contributed by atoms with Crippen LogP contribution in [0.3, 0.4) is 0 Å². The molecule has 0 aliphatic carbocycles. The van der Waals surface area contributed by atoms with Crippen molar-refractivity contribution in [3.63, 3.8) is 0 Å². The number of benzene rings is 1. The second-order valence-electron chi connectivity index (χ2n) is 5.96. The first-order chi connectivity index (χ1) is 12.8. The van der Waals surface area contributed by atoms with Gasteiger partial charge in [0.2, 0.25) is 0 Å². The Hall–Kier alpha value is -2.90. The number of likely N-dealkylation sites (tertiary alicyclic amines) is 1. The van der Waals surface area contributed by atoms with E-state index >= 15 is 0 Å². The summed E-state index contributed by atoms with van der Waals surface area (Å²) in [6.07, 6.45) is 8.01. The molecule has 0 N–H and O–H groups in total. The van der Waals surface area contributed by atoms with E-state index in [0.29, 0.717) is 18.1 Å². The fraction of sp³-hybridized carbons (Fsp3) is 0.444. The third-order valence-electron chi connectivity index (χ3n) is 4.07. The van der Waals surface area contributed by atoms with Crippen molar-refractivity contribution in [2.45, 2.75) is 26.2 Å². The summed E-state index contributed by atoms with van der Waals surface area (Å²) in [5.41, 5.74) is 0.844. The molecule has 1 aliphatic rings. The SMILES string of the molecule is CCOc1cc(C=Nn2cnnc2)ccc1OCC(=O)N1CCCCC1. The summed E-state index contributed by atoms with van der Waals surface area (Å²) in [5.74, 6) is 1.16. The molecule has 1 aliphatic heterocycles. The van der Waals surface area contributed by atoms with Gasteiger partial charge in [-0.05, 0) is 49.9 Å². The number of aromatic nitrogens is 3. The number of piperidine rings is 1. The van der Waals surface area contributed by atoms with Gasteiger partial charge in [-0.2, -0.15) is 5.10 Å². The number of ether oxygens (including phenoxy) is 2. The Balaban J connectivity index is 1.65. The van der Waals surface area contributed by atoms with E-state index in [-0.39, 0.29) is 12.5 Å². The molecule has 1 amide bonds. The second kappa shape index (κ2) is 8.98. The van der Waals surface area contributed by atoms with Crippen molar-refractivity contribution in [3.05, 3.63) is 36.4 Å². The molecule has 0 bridgehead atoms. The number of carbonyl (C=O) groups excluding carboxylic acids is 1. The van der Waals surface area contributed by atoms with Gasteiger partial charge in [-0.25, -0.2) is 4.68 Å². The summed E-state index contributed by atoms with van der Waals surface area (Å²) < 4.78 is 12.9. The normalized spacial score (nSPS) is 14.6. The van der Waals surface area contributed by atoms with Crippen molar-refractivity contribution >= 4 is 12.1 Å². The lowest BCUT2D eigenvalue weighted by atomic mass is 10.1. The predicted octanol–water partition coefficient (Wildman–Crippen LogP) is 1.95. The van der Waals surface area contributed by atoms with Gasteiger partial charge in [0, 0.05) is 13.1 Å². The van der Waals surface area contributed by atoms with Gasteiger partial charge >= 0.3 is 0 Å². The van der Waals surface area contributed by atoms with Gasteiger partial charge in [0.1, 0.15) is 12.7 Å². The summed E-state index contributed by atoms with van der Waals surface area (Å²) in [6, 6.07) is 5.48. The standard InChI is InChI=1S/C18H23N5O3/c1-2-25-17-10-15(11-21-23-13-19-20-14-23)6-7-16(17)26-12-18(24)22-8-4-3-5-9-22/h6-7,10-11,13-14H,2-5,8-9,12H2,1H3. The maximum Gasteiger partial charge on any atom is 0.260 e. The van der Waals surface area contributed by atoms with Crippen molar-refractivity contribution < 1.29 is 14.3 Å². The van der Waals surface area contributed by atoms with Crippen LogP contribution in [0.1, 0.15) is 31.7 Å². The number of carbonyl (C=O) groups is 1. The van der Waals surface area contributed by atoms with Crippen molar-refractivity contribution in [2.24, 2.45) is 5.10 Å².